The van der Waals surface area contributed by atoms with Gasteiger partial charge >= 0.3 is 0 Å². The van der Waals surface area contributed by atoms with Gasteiger partial charge in [0.15, 0.2) is 0 Å². The zero-order chi connectivity index (χ0) is 14.4. The molecule has 1 saturated heterocycles. The van der Waals surface area contributed by atoms with Crippen LogP contribution in [-0.4, -0.2) is 46.6 Å². The van der Waals surface area contributed by atoms with Gasteiger partial charge in [-0.05, 0) is 31.9 Å². The molecule has 2 heterocycles. The molecule has 1 atom stereocenters. The molecule has 5 nitrogen and oxygen atoms in total. The number of carbonyl (C=O) groups excluding carboxylic acids is 1. The Labute approximate surface area is 120 Å². The maximum atomic E-state index is 12.6. The molecule has 0 aliphatic carbocycles. The molecule has 1 amide bonds. The standard InChI is InChI=1S/C15H23N3O2/c1-2-16-12-7-8-17-14(10-12)15(20)18-9-5-3-4-6-13(18)11-19/h7-8,10,13,19H,2-6,9,11H2,1H3,(H,16,17). The molecule has 1 aliphatic rings. The lowest BCUT2D eigenvalue weighted by molar-refractivity contribution is 0.0594. The number of pyridine rings is 1. The van der Waals surface area contributed by atoms with E-state index in [1.807, 2.05) is 13.0 Å². The van der Waals surface area contributed by atoms with Crippen LogP contribution in [0.3, 0.4) is 0 Å². The minimum atomic E-state index is -0.0781. The molecule has 0 saturated carbocycles. The van der Waals surface area contributed by atoms with Crippen molar-refractivity contribution < 1.29 is 9.90 Å². The van der Waals surface area contributed by atoms with Crippen molar-refractivity contribution in [3.05, 3.63) is 24.0 Å². The molecule has 0 radical (unpaired) electrons. The maximum absolute atomic E-state index is 12.6. The molecule has 5 heteroatoms. The molecular formula is C15H23N3O2. The molecule has 20 heavy (non-hydrogen) atoms. The van der Waals surface area contributed by atoms with Gasteiger partial charge in [-0.25, -0.2) is 0 Å². The van der Waals surface area contributed by atoms with Gasteiger partial charge in [-0.15, -0.1) is 0 Å². The molecule has 1 fully saturated rings. The Hall–Kier alpha value is -1.62. The van der Waals surface area contributed by atoms with E-state index in [2.05, 4.69) is 10.3 Å². The van der Waals surface area contributed by atoms with Crippen LogP contribution in [-0.2, 0) is 0 Å². The van der Waals surface area contributed by atoms with Gasteiger partial charge in [-0.3, -0.25) is 9.78 Å². The predicted molar refractivity (Wildman–Crippen MR) is 78.8 cm³/mol. The Bertz CT molecular complexity index is 450. The van der Waals surface area contributed by atoms with Crippen LogP contribution in [0.15, 0.2) is 18.3 Å². The van der Waals surface area contributed by atoms with Crippen molar-refractivity contribution in [2.24, 2.45) is 0 Å². The van der Waals surface area contributed by atoms with Crippen molar-refractivity contribution in [2.45, 2.75) is 38.6 Å². The van der Waals surface area contributed by atoms with E-state index in [0.29, 0.717) is 12.2 Å². The average molecular weight is 277 g/mol. The van der Waals surface area contributed by atoms with E-state index in [1.54, 1.807) is 17.2 Å². The number of rotatable bonds is 4. The molecule has 1 aromatic heterocycles. The normalized spacial score (nSPS) is 19.5. The van der Waals surface area contributed by atoms with Gasteiger partial charge in [-0.2, -0.15) is 0 Å². The molecule has 0 spiro atoms. The summed E-state index contributed by atoms with van der Waals surface area (Å²) in [6.45, 7) is 3.55. The smallest absolute Gasteiger partial charge is 0.272 e. The molecule has 1 aromatic rings. The van der Waals surface area contributed by atoms with Gasteiger partial charge in [0, 0.05) is 25.0 Å². The number of nitrogens with zero attached hydrogens (tertiary/aromatic N) is 2. The summed E-state index contributed by atoms with van der Waals surface area (Å²) in [5.41, 5.74) is 1.35. The second kappa shape index (κ2) is 7.24. The van der Waals surface area contributed by atoms with E-state index in [4.69, 9.17) is 0 Å². The number of likely N-dealkylation sites (tertiary alicyclic amines) is 1. The number of nitrogens with one attached hydrogen (secondary N) is 1. The summed E-state index contributed by atoms with van der Waals surface area (Å²) in [5.74, 6) is -0.0781. The van der Waals surface area contributed by atoms with Crippen LogP contribution < -0.4 is 5.32 Å². The summed E-state index contributed by atoms with van der Waals surface area (Å²) in [7, 11) is 0. The van der Waals surface area contributed by atoms with Crippen molar-refractivity contribution in [2.75, 3.05) is 25.0 Å². The molecule has 0 bridgehead atoms. The topological polar surface area (TPSA) is 65.5 Å². The Kier molecular flexibility index (Phi) is 5.35. The minimum absolute atomic E-state index is 0.0264. The number of aromatic nitrogens is 1. The Morgan fingerprint density at radius 2 is 2.35 bits per heavy atom. The van der Waals surface area contributed by atoms with Crippen LogP contribution in [0.2, 0.25) is 0 Å². The van der Waals surface area contributed by atoms with Crippen molar-refractivity contribution in [3.8, 4) is 0 Å². The number of hydrogen-bond donors (Lipinski definition) is 2. The maximum Gasteiger partial charge on any atom is 0.272 e. The third-order valence-corrected chi connectivity index (χ3v) is 3.71. The van der Waals surface area contributed by atoms with Crippen molar-refractivity contribution in [3.63, 3.8) is 0 Å². The summed E-state index contributed by atoms with van der Waals surface area (Å²) < 4.78 is 0. The molecule has 0 aromatic carbocycles. The highest BCUT2D eigenvalue weighted by Crippen LogP contribution is 2.19. The second-order valence-corrected chi connectivity index (χ2v) is 5.14. The first-order chi connectivity index (χ1) is 9.76. The molecule has 110 valence electrons. The number of anilines is 1. The quantitative estimate of drug-likeness (QED) is 0.882. The number of aliphatic hydroxyl groups is 1. The molecular weight excluding hydrogens is 254 g/mol. The summed E-state index contributed by atoms with van der Waals surface area (Å²) in [6.07, 6.45) is 5.70. The van der Waals surface area contributed by atoms with E-state index >= 15 is 0 Å². The van der Waals surface area contributed by atoms with Crippen LogP contribution in [0, 0.1) is 0 Å². The van der Waals surface area contributed by atoms with Crippen LogP contribution in [0.1, 0.15) is 43.1 Å². The fraction of sp³-hybridized carbons (Fsp3) is 0.600. The first-order valence-corrected chi connectivity index (χ1v) is 7.38. The Morgan fingerprint density at radius 1 is 1.50 bits per heavy atom. The second-order valence-electron chi connectivity index (χ2n) is 5.14. The monoisotopic (exact) mass is 277 g/mol. The van der Waals surface area contributed by atoms with Gasteiger partial charge < -0.3 is 15.3 Å². The highest BCUT2D eigenvalue weighted by Gasteiger charge is 2.26. The summed E-state index contributed by atoms with van der Waals surface area (Å²) >= 11 is 0. The summed E-state index contributed by atoms with van der Waals surface area (Å²) in [4.78, 5) is 18.6. The number of amides is 1. The SMILES string of the molecule is CCNc1ccnc(C(=O)N2CCCCCC2CO)c1. The van der Waals surface area contributed by atoms with Crippen LogP contribution in [0.25, 0.3) is 0 Å². The Balaban J connectivity index is 2.17. The van der Waals surface area contributed by atoms with Gasteiger partial charge in [-0.1, -0.05) is 12.8 Å². The zero-order valence-corrected chi connectivity index (χ0v) is 12.0. The average Bonchev–Trinajstić information content (AvgIpc) is 2.72. The molecule has 1 unspecified atom stereocenters. The zero-order valence-electron chi connectivity index (χ0n) is 12.0. The molecule has 2 rings (SSSR count). The van der Waals surface area contributed by atoms with E-state index < -0.39 is 0 Å². The first-order valence-electron chi connectivity index (χ1n) is 7.38. The minimum Gasteiger partial charge on any atom is -0.394 e. The van der Waals surface area contributed by atoms with Gasteiger partial charge in [0.2, 0.25) is 0 Å². The van der Waals surface area contributed by atoms with Crippen LogP contribution in [0.4, 0.5) is 5.69 Å². The van der Waals surface area contributed by atoms with Crippen LogP contribution in [0.5, 0.6) is 0 Å². The van der Waals surface area contributed by atoms with Crippen molar-refractivity contribution >= 4 is 11.6 Å². The molecule has 2 N–H and O–H groups in total. The van der Waals surface area contributed by atoms with Crippen molar-refractivity contribution in [1.82, 2.24) is 9.88 Å². The fourth-order valence-corrected chi connectivity index (χ4v) is 2.64. The van der Waals surface area contributed by atoms with Gasteiger partial charge in [0.25, 0.3) is 5.91 Å². The van der Waals surface area contributed by atoms with E-state index in [0.717, 1.165) is 37.9 Å². The summed E-state index contributed by atoms with van der Waals surface area (Å²) in [6, 6.07) is 3.56. The number of carbonyl (C=O) groups is 1. The predicted octanol–water partition coefficient (Wildman–Crippen LogP) is 1.89. The fourth-order valence-electron chi connectivity index (χ4n) is 2.64. The van der Waals surface area contributed by atoms with Crippen LogP contribution >= 0.6 is 0 Å². The third kappa shape index (κ3) is 3.48. The highest BCUT2D eigenvalue weighted by molar-refractivity contribution is 5.93. The number of aliphatic hydroxyl groups excluding tert-OH is 1. The first kappa shape index (κ1) is 14.8. The lowest BCUT2D eigenvalue weighted by atomic mass is 10.1. The van der Waals surface area contributed by atoms with E-state index in [-0.39, 0.29) is 18.6 Å². The number of hydrogen-bond acceptors (Lipinski definition) is 4. The van der Waals surface area contributed by atoms with Gasteiger partial charge in [0.1, 0.15) is 5.69 Å². The van der Waals surface area contributed by atoms with E-state index in [1.165, 1.54) is 0 Å². The summed E-state index contributed by atoms with van der Waals surface area (Å²) in [5, 5.41) is 12.7. The lowest BCUT2D eigenvalue weighted by Gasteiger charge is -2.28. The van der Waals surface area contributed by atoms with E-state index in [9.17, 15) is 9.90 Å². The molecule has 1 aliphatic heterocycles. The third-order valence-electron chi connectivity index (χ3n) is 3.71. The Morgan fingerprint density at radius 3 is 3.10 bits per heavy atom. The van der Waals surface area contributed by atoms with Crippen molar-refractivity contribution in [1.29, 1.82) is 0 Å². The largest absolute Gasteiger partial charge is 0.394 e. The highest BCUT2D eigenvalue weighted by atomic mass is 16.3. The van der Waals surface area contributed by atoms with Gasteiger partial charge in [0.05, 0.1) is 12.6 Å². The lowest BCUT2D eigenvalue weighted by Crippen LogP contribution is -2.42.